The minimum absolute atomic E-state index is 0.00233. The fraction of sp³-hybridized carbons (Fsp3) is 0.0714. The molecule has 0 aromatic heterocycles. The fourth-order valence-corrected chi connectivity index (χ4v) is 1.93. The second-order valence-electron chi connectivity index (χ2n) is 3.86. The van der Waals surface area contributed by atoms with Crippen LogP contribution in [0.25, 0.3) is 0 Å². The third-order valence-electron chi connectivity index (χ3n) is 2.56. The molecule has 0 fully saturated rings. The lowest BCUT2D eigenvalue weighted by Crippen LogP contribution is -1.99. The van der Waals surface area contributed by atoms with Crippen molar-refractivity contribution in [1.29, 1.82) is 5.26 Å². The molecule has 0 amide bonds. The van der Waals surface area contributed by atoms with Crippen LogP contribution in [0.3, 0.4) is 0 Å². The summed E-state index contributed by atoms with van der Waals surface area (Å²) in [6.07, 6.45) is 0. The average Bonchev–Trinajstić information content (AvgIpc) is 2.40. The summed E-state index contributed by atoms with van der Waals surface area (Å²) in [4.78, 5) is 0. The Labute approximate surface area is 118 Å². The molecule has 19 heavy (non-hydrogen) atoms. The van der Waals surface area contributed by atoms with E-state index in [1.807, 2.05) is 12.1 Å². The van der Waals surface area contributed by atoms with E-state index in [9.17, 15) is 4.39 Å². The van der Waals surface area contributed by atoms with E-state index < -0.39 is 5.82 Å². The van der Waals surface area contributed by atoms with Crippen LogP contribution in [0.15, 0.2) is 40.9 Å². The van der Waals surface area contributed by atoms with Gasteiger partial charge < -0.3 is 10.5 Å². The van der Waals surface area contributed by atoms with Crippen molar-refractivity contribution in [3.63, 3.8) is 0 Å². The Hall–Kier alpha value is -2.06. The van der Waals surface area contributed by atoms with Gasteiger partial charge in [-0.15, -0.1) is 0 Å². The van der Waals surface area contributed by atoms with Gasteiger partial charge in [0.15, 0.2) is 0 Å². The van der Waals surface area contributed by atoms with E-state index in [0.29, 0.717) is 11.4 Å². The predicted molar refractivity (Wildman–Crippen MR) is 74.0 cm³/mol. The Morgan fingerprint density at radius 1 is 1.32 bits per heavy atom. The third-order valence-corrected chi connectivity index (χ3v) is 3.53. The number of nitrogens with two attached hydrogens (primary N) is 1. The van der Waals surface area contributed by atoms with E-state index in [2.05, 4.69) is 15.9 Å². The SMILES string of the molecule is N#Cc1ccc(OCc2cccc(N)c2Br)cc1F. The first kappa shape index (κ1) is 13.4. The summed E-state index contributed by atoms with van der Waals surface area (Å²) in [6, 6.07) is 11.3. The van der Waals surface area contributed by atoms with Crippen molar-refractivity contribution in [2.75, 3.05) is 5.73 Å². The number of ether oxygens (including phenoxy) is 1. The molecule has 0 radical (unpaired) electrons. The molecular weight excluding hydrogens is 311 g/mol. The highest BCUT2D eigenvalue weighted by Crippen LogP contribution is 2.25. The first-order chi connectivity index (χ1) is 9.11. The highest BCUT2D eigenvalue weighted by molar-refractivity contribution is 9.10. The third kappa shape index (κ3) is 3.04. The van der Waals surface area contributed by atoms with Gasteiger partial charge in [0, 0.05) is 21.8 Å². The van der Waals surface area contributed by atoms with Crippen LogP contribution in [-0.4, -0.2) is 0 Å². The van der Waals surface area contributed by atoms with Crippen molar-refractivity contribution in [1.82, 2.24) is 0 Å². The monoisotopic (exact) mass is 320 g/mol. The molecule has 0 aliphatic carbocycles. The number of benzene rings is 2. The Morgan fingerprint density at radius 2 is 2.11 bits per heavy atom. The Balaban J connectivity index is 2.13. The molecular formula is C14H10BrFN2O. The summed E-state index contributed by atoms with van der Waals surface area (Å²) in [5.41, 5.74) is 7.23. The van der Waals surface area contributed by atoms with Crippen LogP contribution in [0.1, 0.15) is 11.1 Å². The van der Waals surface area contributed by atoms with E-state index >= 15 is 0 Å². The van der Waals surface area contributed by atoms with Gasteiger partial charge in [-0.2, -0.15) is 5.26 Å². The molecule has 0 saturated heterocycles. The molecule has 0 unspecified atom stereocenters. The van der Waals surface area contributed by atoms with Crippen molar-refractivity contribution >= 4 is 21.6 Å². The van der Waals surface area contributed by atoms with Crippen molar-refractivity contribution in [2.45, 2.75) is 6.61 Å². The molecule has 0 aliphatic rings. The number of nitrogens with zero attached hydrogens (tertiary/aromatic N) is 1. The van der Waals surface area contributed by atoms with E-state index in [4.69, 9.17) is 15.7 Å². The molecule has 0 bridgehead atoms. The smallest absolute Gasteiger partial charge is 0.144 e. The van der Waals surface area contributed by atoms with Gasteiger partial charge >= 0.3 is 0 Å². The predicted octanol–water partition coefficient (Wildman–Crippen LogP) is 3.62. The van der Waals surface area contributed by atoms with Crippen molar-refractivity contribution in [3.05, 3.63) is 57.8 Å². The zero-order valence-corrected chi connectivity index (χ0v) is 11.4. The lowest BCUT2D eigenvalue weighted by Gasteiger charge is -2.09. The fourth-order valence-electron chi connectivity index (χ4n) is 1.55. The molecule has 3 nitrogen and oxygen atoms in total. The summed E-state index contributed by atoms with van der Waals surface area (Å²) in [7, 11) is 0. The first-order valence-electron chi connectivity index (χ1n) is 5.47. The molecule has 2 N–H and O–H groups in total. The molecule has 2 aromatic rings. The molecule has 2 rings (SSSR count). The largest absolute Gasteiger partial charge is 0.489 e. The number of hydrogen-bond acceptors (Lipinski definition) is 3. The van der Waals surface area contributed by atoms with Gasteiger partial charge in [0.1, 0.15) is 24.2 Å². The minimum Gasteiger partial charge on any atom is -0.489 e. The molecule has 0 spiro atoms. The van der Waals surface area contributed by atoms with Gasteiger partial charge in [-0.3, -0.25) is 0 Å². The molecule has 5 heteroatoms. The van der Waals surface area contributed by atoms with E-state index in [1.54, 1.807) is 18.2 Å². The Morgan fingerprint density at radius 3 is 2.79 bits per heavy atom. The minimum atomic E-state index is -0.591. The number of anilines is 1. The zero-order valence-electron chi connectivity index (χ0n) is 9.86. The lowest BCUT2D eigenvalue weighted by atomic mass is 10.2. The van der Waals surface area contributed by atoms with Crippen LogP contribution < -0.4 is 10.5 Å². The summed E-state index contributed by atoms with van der Waals surface area (Å²) >= 11 is 3.37. The molecule has 96 valence electrons. The van der Waals surface area contributed by atoms with Gasteiger partial charge in [0.2, 0.25) is 0 Å². The van der Waals surface area contributed by atoms with E-state index in [0.717, 1.165) is 10.0 Å². The highest BCUT2D eigenvalue weighted by Gasteiger charge is 2.06. The maximum Gasteiger partial charge on any atom is 0.144 e. The van der Waals surface area contributed by atoms with Gasteiger partial charge in [-0.05, 0) is 34.1 Å². The van der Waals surface area contributed by atoms with Gasteiger partial charge in [0.25, 0.3) is 0 Å². The van der Waals surface area contributed by atoms with Gasteiger partial charge in [-0.1, -0.05) is 12.1 Å². The van der Waals surface area contributed by atoms with Crippen LogP contribution in [-0.2, 0) is 6.61 Å². The zero-order chi connectivity index (χ0) is 13.8. The van der Waals surface area contributed by atoms with Gasteiger partial charge in [0.05, 0.1) is 5.56 Å². The van der Waals surface area contributed by atoms with Crippen molar-refractivity contribution < 1.29 is 9.13 Å². The number of rotatable bonds is 3. The molecule has 0 saturated carbocycles. The van der Waals surface area contributed by atoms with Crippen LogP contribution in [0.2, 0.25) is 0 Å². The van der Waals surface area contributed by atoms with Crippen LogP contribution >= 0.6 is 15.9 Å². The van der Waals surface area contributed by atoms with Crippen LogP contribution in [0.4, 0.5) is 10.1 Å². The standard InChI is InChI=1S/C14H10BrFN2O/c15-14-10(2-1-3-13(14)18)8-19-11-5-4-9(7-17)12(16)6-11/h1-6H,8,18H2. The average molecular weight is 321 g/mol. The Kier molecular flexibility index (Phi) is 4.03. The molecule has 0 aliphatic heterocycles. The second kappa shape index (κ2) is 5.72. The summed E-state index contributed by atoms with van der Waals surface area (Å²) in [5, 5.41) is 8.63. The topological polar surface area (TPSA) is 59.0 Å². The van der Waals surface area contributed by atoms with E-state index in [-0.39, 0.29) is 12.2 Å². The number of halogens is 2. The maximum atomic E-state index is 13.4. The Bertz CT molecular complexity index is 652. The highest BCUT2D eigenvalue weighted by atomic mass is 79.9. The molecule has 0 heterocycles. The first-order valence-corrected chi connectivity index (χ1v) is 6.26. The van der Waals surface area contributed by atoms with E-state index in [1.165, 1.54) is 12.1 Å². The summed E-state index contributed by atoms with van der Waals surface area (Å²) in [5.74, 6) is -0.225. The number of nitriles is 1. The normalized spacial score (nSPS) is 9.95. The van der Waals surface area contributed by atoms with Gasteiger partial charge in [-0.25, -0.2) is 4.39 Å². The summed E-state index contributed by atoms with van der Waals surface area (Å²) in [6.45, 7) is 0.261. The summed E-state index contributed by atoms with van der Waals surface area (Å²) < 4.78 is 19.6. The van der Waals surface area contributed by atoms with Crippen molar-refractivity contribution in [2.24, 2.45) is 0 Å². The molecule has 2 aromatic carbocycles. The lowest BCUT2D eigenvalue weighted by molar-refractivity contribution is 0.304. The van der Waals surface area contributed by atoms with Crippen molar-refractivity contribution in [3.8, 4) is 11.8 Å². The molecule has 0 atom stereocenters. The second-order valence-corrected chi connectivity index (χ2v) is 4.66. The quantitative estimate of drug-likeness (QED) is 0.879. The maximum absolute atomic E-state index is 13.4. The van der Waals surface area contributed by atoms with Crippen LogP contribution in [0.5, 0.6) is 5.75 Å². The van der Waals surface area contributed by atoms with Crippen LogP contribution in [0, 0.1) is 17.1 Å². The number of hydrogen-bond donors (Lipinski definition) is 1. The number of nitrogen functional groups attached to an aromatic ring is 1.